The summed E-state index contributed by atoms with van der Waals surface area (Å²) in [6.07, 6.45) is 3.87. The van der Waals surface area contributed by atoms with E-state index < -0.39 is 116 Å². The zero-order chi connectivity index (χ0) is 44.6. The second-order valence-electron chi connectivity index (χ2n) is 15.7. The number of rotatable bonds is 5. The van der Waals surface area contributed by atoms with Crippen LogP contribution >= 0.6 is 0 Å². The van der Waals surface area contributed by atoms with Crippen LogP contribution in [0.5, 0.6) is 11.5 Å². The number of carbonyl (C=O) groups excluding carboxylic acids is 5. The number of amides is 1. The number of esters is 1. The molecule has 9 atom stereocenters. The van der Waals surface area contributed by atoms with E-state index in [0.717, 1.165) is 17.9 Å². The third-order valence-corrected chi connectivity index (χ3v) is 12.5. The van der Waals surface area contributed by atoms with Crippen molar-refractivity contribution in [2.24, 2.45) is 23.7 Å². The van der Waals surface area contributed by atoms with Crippen molar-refractivity contribution in [1.29, 1.82) is 0 Å². The fraction of sp³-hybridized carbons (Fsp3) is 0.432. The Kier molecular flexibility index (Phi) is 13.4. The molecular formula is C44H51NO14S. The van der Waals surface area contributed by atoms with E-state index in [1.54, 1.807) is 52.8 Å². The van der Waals surface area contributed by atoms with Crippen LogP contribution in [-0.2, 0) is 33.9 Å². The number of Topliss-reactive ketones (excluding diaryl/α,β-unsaturated/α-hetero) is 2. The Morgan fingerprint density at radius 3 is 2.15 bits per heavy atom. The Balaban J connectivity index is 1.68. The minimum atomic E-state index is -4.67. The summed E-state index contributed by atoms with van der Waals surface area (Å²) < 4.78 is 56.5. The van der Waals surface area contributed by atoms with Gasteiger partial charge in [0.15, 0.2) is 11.5 Å². The Labute approximate surface area is 349 Å². The summed E-state index contributed by atoms with van der Waals surface area (Å²) >= 11 is 0. The van der Waals surface area contributed by atoms with Crippen LogP contribution in [0.4, 0.5) is 0 Å². The van der Waals surface area contributed by atoms with E-state index in [0.29, 0.717) is 0 Å². The molecule has 6 rings (SSSR count). The van der Waals surface area contributed by atoms with Crippen molar-refractivity contribution in [1.82, 2.24) is 5.32 Å². The van der Waals surface area contributed by atoms with Gasteiger partial charge in [-0.25, -0.2) is 0 Å². The summed E-state index contributed by atoms with van der Waals surface area (Å²) in [7, 11) is -3.28. The Bertz CT molecular complexity index is 2330. The van der Waals surface area contributed by atoms with Crippen LogP contribution in [0, 0.1) is 37.5 Å². The van der Waals surface area contributed by atoms with E-state index in [9.17, 15) is 42.6 Å². The van der Waals surface area contributed by atoms with E-state index in [-0.39, 0.29) is 27.3 Å². The van der Waals surface area contributed by atoms with Gasteiger partial charge in [0.05, 0.1) is 47.0 Å². The molecule has 322 valence electrons. The minimum absolute atomic E-state index is 0.0788. The van der Waals surface area contributed by atoms with Crippen molar-refractivity contribution in [3.8, 4) is 11.5 Å². The summed E-state index contributed by atoms with van der Waals surface area (Å²) in [5.41, 5.74) is -1.27. The molecule has 0 spiro atoms. The first-order valence-corrected chi connectivity index (χ1v) is 20.8. The highest BCUT2D eigenvalue weighted by Crippen LogP contribution is 2.49. The number of aliphatic hydroxyl groups excluding tert-OH is 2. The molecule has 60 heavy (non-hydrogen) atoms. The Morgan fingerprint density at radius 1 is 0.883 bits per heavy atom. The number of hydrogen-bond donors (Lipinski definition) is 3. The van der Waals surface area contributed by atoms with Gasteiger partial charge in [-0.1, -0.05) is 63.6 Å². The second kappa shape index (κ2) is 17.7. The first-order chi connectivity index (χ1) is 28.0. The number of carbonyl (C=O) groups is 5. The smallest absolute Gasteiger partial charge is 0.339 e. The van der Waals surface area contributed by atoms with Crippen molar-refractivity contribution in [3.05, 3.63) is 100.0 Å². The quantitative estimate of drug-likeness (QED) is 0.267. The maximum Gasteiger partial charge on any atom is 0.339 e. The average molecular weight is 850 g/mol. The summed E-state index contributed by atoms with van der Waals surface area (Å²) in [5, 5.41) is 25.2. The van der Waals surface area contributed by atoms with Crippen LogP contribution in [0.15, 0.2) is 77.1 Å². The number of ketones is 3. The third kappa shape index (κ3) is 8.87. The predicted octanol–water partition coefficient (Wildman–Crippen LogP) is 5.00. The first-order valence-electron chi connectivity index (χ1n) is 19.4. The van der Waals surface area contributed by atoms with Crippen molar-refractivity contribution in [3.63, 3.8) is 0 Å². The molecule has 3 heterocycles. The third-order valence-electron chi connectivity index (χ3n) is 11.3. The molecule has 5 bridgehead atoms. The number of aryl methyl sites for hydroxylation is 1. The van der Waals surface area contributed by atoms with E-state index in [2.05, 4.69) is 5.32 Å². The molecule has 1 amide bonds. The van der Waals surface area contributed by atoms with Crippen LogP contribution in [0.3, 0.4) is 0 Å². The van der Waals surface area contributed by atoms with Gasteiger partial charge in [-0.3, -0.25) is 24.0 Å². The lowest BCUT2D eigenvalue weighted by Crippen LogP contribution is -2.46. The predicted molar refractivity (Wildman–Crippen MR) is 217 cm³/mol. The van der Waals surface area contributed by atoms with Crippen LogP contribution < -0.4 is 14.2 Å². The molecule has 2 aromatic carbocycles. The molecule has 2 aromatic rings. The second-order valence-corrected chi connectivity index (χ2v) is 17.3. The maximum absolute atomic E-state index is 14.4. The largest absolute Gasteiger partial charge is 0.462 e. The standard InChI is InChI=1S/C44H51NO14S/c1-21-14-16-29(17-15-21)60(53,54)59-41-27(7)40-35-33-31(47)20-30(38(50)34(33)41)45-43(52)23(3)13-11-12-22(2)36(48)25(5)37(49)26(6)39(57-28(8)46)24(4)32(55-10)18-19-56-44(9,58-40)42(35)51/h11-20,22,24-26,32,36-37,39,48-49H,1-10H3,(H,45,52)/b12-11+,19-18+,23-13-/t22-,24+,25+,26+,32-,36-,37+,39+,44-/m0/s1. The molecule has 0 saturated heterocycles. The molecule has 0 saturated carbocycles. The zero-order valence-electron chi connectivity index (χ0n) is 35.1. The van der Waals surface area contributed by atoms with Gasteiger partial charge in [-0.2, -0.15) is 8.42 Å². The van der Waals surface area contributed by atoms with Gasteiger partial charge in [0, 0.05) is 61.8 Å². The fourth-order valence-electron chi connectivity index (χ4n) is 7.57. The average Bonchev–Trinajstić information content (AvgIpc) is 3.46. The lowest BCUT2D eigenvalue weighted by Gasteiger charge is -2.38. The topological polar surface area (TPSA) is 218 Å². The molecule has 3 N–H and O–H groups in total. The highest BCUT2D eigenvalue weighted by molar-refractivity contribution is 7.87. The van der Waals surface area contributed by atoms with Crippen molar-refractivity contribution in [2.45, 2.75) is 97.4 Å². The fourth-order valence-corrected chi connectivity index (χ4v) is 8.57. The molecule has 3 aliphatic heterocycles. The molecule has 15 nitrogen and oxygen atoms in total. The van der Waals surface area contributed by atoms with Crippen molar-refractivity contribution >= 4 is 39.3 Å². The number of methoxy groups -OCH3 is 1. The number of benzene rings is 2. The van der Waals surface area contributed by atoms with Gasteiger partial charge in [-0.15, -0.1) is 0 Å². The number of ether oxygens (including phenoxy) is 4. The zero-order valence-corrected chi connectivity index (χ0v) is 35.9. The van der Waals surface area contributed by atoms with E-state index >= 15 is 0 Å². The summed E-state index contributed by atoms with van der Waals surface area (Å²) in [6, 6.07) is 5.69. The lowest BCUT2D eigenvalue weighted by molar-refractivity contribution is -0.160. The van der Waals surface area contributed by atoms with E-state index in [1.165, 1.54) is 65.2 Å². The molecule has 0 unspecified atom stereocenters. The molecule has 1 aliphatic carbocycles. The van der Waals surface area contributed by atoms with Gasteiger partial charge in [0.1, 0.15) is 16.7 Å². The van der Waals surface area contributed by atoms with E-state index in [1.807, 2.05) is 0 Å². The maximum atomic E-state index is 14.4. The van der Waals surface area contributed by atoms with Gasteiger partial charge < -0.3 is 38.7 Å². The van der Waals surface area contributed by atoms with E-state index in [4.69, 9.17) is 23.1 Å². The van der Waals surface area contributed by atoms with Gasteiger partial charge in [0.2, 0.25) is 5.78 Å². The Morgan fingerprint density at radius 2 is 1.53 bits per heavy atom. The minimum Gasteiger partial charge on any atom is -0.462 e. The van der Waals surface area contributed by atoms with Crippen LogP contribution in [0.25, 0.3) is 0 Å². The van der Waals surface area contributed by atoms with Gasteiger partial charge >= 0.3 is 21.9 Å². The van der Waals surface area contributed by atoms with Gasteiger partial charge in [0.25, 0.3) is 11.7 Å². The number of hydrogen-bond acceptors (Lipinski definition) is 14. The molecule has 4 aliphatic rings. The van der Waals surface area contributed by atoms with Crippen LogP contribution in [-0.4, -0.2) is 85.2 Å². The molecule has 0 aromatic heterocycles. The number of allylic oxidation sites excluding steroid dienone is 4. The summed E-state index contributed by atoms with van der Waals surface area (Å²) in [6.45, 7) is 13.8. The summed E-state index contributed by atoms with van der Waals surface area (Å²) in [5.74, 6) is -9.96. The van der Waals surface area contributed by atoms with Crippen molar-refractivity contribution in [2.75, 3.05) is 7.11 Å². The number of nitrogens with one attached hydrogen (secondary N) is 1. The normalized spacial score (nSPS) is 30.9. The number of fused-ring (bicyclic) bond motifs is 14. The van der Waals surface area contributed by atoms with Crippen LogP contribution in [0.2, 0.25) is 0 Å². The monoisotopic (exact) mass is 849 g/mol. The molecule has 0 radical (unpaired) electrons. The molecule has 0 fully saturated rings. The van der Waals surface area contributed by atoms with Gasteiger partial charge in [-0.05, 0) is 39.0 Å². The van der Waals surface area contributed by atoms with Crippen molar-refractivity contribution < 1.29 is 65.7 Å². The summed E-state index contributed by atoms with van der Waals surface area (Å²) in [4.78, 5) is 68.3. The Hall–Kier alpha value is -5.42. The number of aliphatic hydroxyl groups is 2. The molecular weight excluding hydrogens is 799 g/mol. The highest BCUT2D eigenvalue weighted by Gasteiger charge is 2.52. The molecule has 16 heteroatoms. The SMILES string of the molecule is CO[C@H]1/C=C/O[C@@]2(C)Oc3c(C)c(OS(=O)(=O)c4ccc(C)cc4)c4c(c3C2=O)C(=O)C=C(NC(=O)/C(C)=C\C=C\[C@H](C)[C@H](O)[C@@H](C)[C@@H](O)[C@@H](C)[C@H](OC(C)=O)[C@@H]1C)C4=O. The van der Waals surface area contributed by atoms with Crippen LogP contribution in [0.1, 0.15) is 90.7 Å². The lowest BCUT2D eigenvalue weighted by atomic mass is 9.78. The highest BCUT2D eigenvalue weighted by atomic mass is 32.2. The first kappa shape index (κ1) is 45.7.